The van der Waals surface area contributed by atoms with Gasteiger partial charge in [0.15, 0.2) is 0 Å². The van der Waals surface area contributed by atoms with E-state index in [-0.39, 0.29) is 0 Å². The van der Waals surface area contributed by atoms with Gasteiger partial charge < -0.3 is 0 Å². The van der Waals surface area contributed by atoms with Gasteiger partial charge in [-0.15, -0.1) is 0 Å². The summed E-state index contributed by atoms with van der Waals surface area (Å²) >= 11 is 3.37. The van der Waals surface area contributed by atoms with Crippen LogP contribution in [0.25, 0.3) is 0 Å². The number of rotatable bonds is 5. The summed E-state index contributed by atoms with van der Waals surface area (Å²) in [6.45, 7) is 3.71. The summed E-state index contributed by atoms with van der Waals surface area (Å²) < 4.78 is 0. The Balaban J connectivity index is 3.25. The number of nitrogens with one attached hydrogen (secondary N) is 1. The molecule has 0 aliphatic rings. The zero-order chi connectivity index (χ0) is 7.82. The first-order valence-corrected chi connectivity index (χ1v) is 5.04. The van der Waals surface area contributed by atoms with Gasteiger partial charge in [-0.1, -0.05) is 23.6 Å². The first-order valence-electron chi connectivity index (χ1n) is 2.66. The van der Waals surface area contributed by atoms with Crippen LogP contribution < -0.4 is 5.43 Å². The fourth-order valence-corrected chi connectivity index (χ4v) is 1.41. The molecular formula is C5H11N3S2. The van der Waals surface area contributed by atoms with Gasteiger partial charge in [-0.05, 0) is 6.26 Å². The van der Waals surface area contributed by atoms with E-state index in [1.165, 1.54) is 0 Å². The molecule has 0 saturated heterocycles. The summed E-state index contributed by atoms with van der Waals surface area (Å²) in [6.07, 6.45) is 2.04. The number of thioether (sulfide) groups is 2. The van der Waals surface area contributed by atoms with Crippen molar-refractivity contribution in [1.82, 2.24) is 5.43 Å². The Bertz CT molecular complexity index is 124. The molecule has 0 aromatic heterocycles. The lowest BCUT2D eigenvalue weighted by molar-refractivity contribution is 0.844. The van der Waals surface area contributed by atoms with Crippen molar-refractivity contribution in [3.63, 3.8) is 0 Å². The molecule has 0 bridgehead atoms. The van der Waals surface area contributed by atoms with E-state index < -0.39 is 0 Å². The Kier molecular flexibility index (Phi) is 6.84. The van der Waals surface area contributed by atoms with E-state index >= 15 is 0 Å². The molecule has 0 heterocycles. The Morgan fingerprint density at radius 1 is 1.70 bits per heavy atom. The van der Waals surface area contributed by atoms with E-state index in [0.29, 0.717) is 0 Å². The van der Waals surface area contributed by atoms with Crippen molar-refractivity contribution >= 4 is 23.5 Å². The predicted octanol–water partition coefficient (Wildman–Crippen LogP) is 2.10. The Morgan fingerprint density at radius 2 is 2.40 bits per heavy atom. The molecule has 0 radical (unpaired) electrons. The number of hydrogen-bond donors (Lipinski definition) is 1. The zero-order valence-corrected chi connectivity index (χ0v) is 7.76. The quantitative estimate of drug-likeness (QED) is 0.397. The SMILES string of the molecule is C=C(NN=NC)SCSC. The van der Waals surface area contributed by atoms with Gasteiger partial charge in [0.05, 0.1) is 12.1 Å². The molecule has 0 unspecified atom stereocenters. The summed E-state index contributed by atoms with van der Waals surface area (Å²) in [5.41, 5.74) is 2.68. The summed E-state index contributed by atoms with van der Waals surface area (Å²) in [7, 11) is 1.61. The second-order valence-corrected chi connectivity index (χ2v) is 3.69. The third-order valence-electron chi connectivity index (χ3n) is 0.626. The maximum atomic E-state index is 3.71. The minimum atomic E-state index is 0.833. The minimum absolute atomic E-state index is 0.833. The predicted molar refractivity (Wildman–Crippen MR) is 49.0 cm³/mol. The molecule has 1 N–H and O–H groups in total. The highest BCUT2D eigenvalue weighted by Crippen LogP contribution is 2.14. The maximum absolute atomic E-state index is 3.71. The lowest BCUT2D eigenvalue weighted by Crippen LogP contribution is -1.98. The van der Waals surface area contributed by atoms with Crippen LogP contribution in [0.5, 0.6) is 0 Å². The zero-order valence-electron chi connectivity index (χ0n) is 6.13. The lowest BCUT2D eigenvalue weighted by Gasteiger charge is -1.99. The van der Waals surface area contributed by atoms with Crippen LogP contribution in [0.2, 0.25) is 0 Å². The third-order valence-corrected chi connectivity index (χ3v) is 2.48. The molecule has 0 amide bonds. The largest absolute Gasteiger partial charge is 0.254 e. The molecule has 10 heavy (non-hydrogen) atoms. The van der Waals surface area contributed by atoms with Crippen LogP contribution in [0.1, 0.15) is 0 Å². The molecule has 0 aliphatic heterocycles. The number of nitrogens with zero attached hydrogens (tertiary/aromatic N) is 2. The Labute approximate surface area is 69.7 Å². The molecule has 0 atom stereocenters. The van der Waals surface area contributed by atoms with Crippen LogP contribution in [0.3, 0.4) is 0 Å². The van der Waals surface area contributed by atoms with Crippen molar-refractivity contribution in [2.75, 3.05) is 18.4 Å². The summed E-state index contributed by atoms with van der Waals surface area (Å²) in [6, 6.07) is 0. The highest BCUT2D eigenvalue weighted by atomic mass is 32.2. The van der Waals surface area contributed by atoms with E-state index in [1.54, 1.807) is 30.6 Å². The van der Waals surface area contributed by atoms with Gasteiger partial charge >= 0.3 is 0 Å². The molecule has 0 aliphatic carbocycles. The molecule has 3 nitrogen and oxygen atoms in total. The first-order chi connectivity index (χ1) is 4.81. The summed E-state index contributed by atoms with van der Waals surface area (Å²) in [4.78, 5) is 0. The number of hydrogen-bond acceptors (Lipinski definition) is 4. The van der Waals surface area contributed by atoms with Gasteiger partial charge in [0.1, 0.15) is 0 Å². The van der Waals surface area contributed by atoms with Gasteiger partial charge in [-0.3, -0.25) is 5.43 Å². The maximum Gasteiger partial charge on any atom is 0.0844 e. The summed E-state index contributed by atoms with van der Waals surface area (Å²) in [5, 5.41) is 8.91. The normalized spacial score (nSPS) is 10.2. The average Bonchev–Trinajstić information content (AvgIpc) is 1.97. The van der Waals surface area contributed by atoms with E-state index in [4.69, 9.17) is 0 Å². The molecule has 0 spiro atoms. The molecule has 5 heteroatoms. The highest BCUT2D eigenvalue weighted by molar-refractivity contribution is 8.17. The monoisotopic (exact) mass is 177 g/mol. The van der Waals surface area contributed by atoms with Gasteiger partial charge in [-0.2, -0.15) is 16.9 Å². The molecule has 0 fully saturated rings. The van der Waals surface area contributed by atoms with Gasteiger partial charge in [0.25, 0.3) is 0 Å². The van der Waals surface area contributed by atoms with E-state index in [9.17, 15) is 0 Å². The molecule has 0 aromatic carbocycles. The molecule has 0 rings (SSSR count). The molecule has 0 saturated carbocycles. The van der Waals surface area contributed by atoms with Gasteiger partial charge in [0, 0.05) is 5.08 Å². The van der Waals surface area contributed by atoms with Crippen molar-refractivity contribution in [3.8, 4) is 0 Å². The van der Waals surface area contributed by atoms with Crippen LogP contribution in [0.4, 0.5) is 0 Å². The van der Waals surface area contributed by atoms with Crippen molar-refractivity contribution in [1.29, 1.82) is 0 Å². The standard InChI is InChI=1S/C5H11N3S2/c1-5(7-8-6-2)10-4-9-3/h1,4H2,2-3H3,(H,6,7). The molecular weight excluding hydrogens is 166 g/mol. The summed E-state index contributed by atoms with van der Waals surface area (Å²) in [5.74, 6) is 0. The smallest absolute Gasteiger partial charge is 0.0844 e. The van der Waals surface area contributed by atoms with Crippen LogP contribution >= 0.6 is 23.5 Å². The van der Waals surface area contributed by atoms with Gasteiger partial charge in [-0.25, -0.2) is 0 Å². The third kappa shape index (κ3) is 5.97. The van der Waals surface area contributed by atoms with Crippen molar-refractivity contribution in [2.45, 2.75) is 0 Å². The van der Waals surface area contributed by atoms with E-state index in [0.717, 1.165) is 10.1 Å². The second-order valence-electron chi connectivity index (χ2n) is 1.39. The van der Waals surface area contributed by atoms with Crippen LogP contribution in [0.15, 0.2) is 21.9 Å². The van der Waals surface area contributed by atoms with Crippen LogP contribution in [-0.2, 0) is 0 Å². The van der Waals surface area contributed by atoms with Crippen molar-refractivity contribution in [2.24, 2.45) is 10.3 Å². The highest BCUT2D eigenvalue weighted by Gasteiger charge is 1.89. The minimum Gasteiger partial charge on any atom is -0.254 e. The fourth-order valence-electron chi connectivity index (χ4n) is 0.268. The Hall–Kier alpha value is -0.160. The molecule has 0 aromatic rings. The lowest BCUT2D eigenvalue weighted by atomic mass is 11.1. The van der Waals surface area contributed by atoms with Crippen molar-refractivity contribution < 1.29 is 0 Å². The average molecular weight is 177 g/mol. The Morgan fingerprint density at radius 3 is 2.90 bits per heavy atom. The van der Waals surface area contributed by atoms with Crippen LogP contribution in [-0.4, -0.2) is 18.4 Å². The van der Waals surface area contributed by atoms with Crippen molar-refractivity contribution in [3.05, 3.63) is 11.6 Å². The van der Waals surface area contributed by atoms with E-state index in [2.05, 4.69) is 22.3 Å². The van der Waals surface area contributed by atoms with Crippen LogP contribution in [0, 0.1) is 0 Å². The van der Waals surface area contributed by atoms with E-state index in [1.807, 2.05) is 6.26 Å². The molecule has 58 valence electrons. The second kappa shape index (κ2) is 6.95. The fraction of sp³-hybridized carbons (Fsp3) is 0.600. The van der Waals surface area contributed by atoms with Gasteiger partial charge in [0.2, 0.25) is 0 Å². The first kappa shape index (κ1) is 9.84. The topological polar surface area (TPSA) is 36.8 Å².